The SMILES string of the molecule is CC(C)[C@H](NC(=O)[C@H](CS(=O)(=O)O)NC(=O)OC(C)(C)C)C(=O)N[C@@H](C)C(=O)Nc1ccc(COc2cc3ccccc3nc2C(=O)N[C@@H]2CNC(=O)[C@H](C(C)C)N(C)C(=O)CN(C)C(=O)CNC(=O)[C@@H]3CCCCN3C(=O)[C@@H](NC(=O)c3nc4ccccc4cc3O)CNC(=O)[C@H](C(C)C)N(C)C(=O)CN(C)C(=O)CNC(=O)[C@@H]3CCCCN3C2=O)cc1. The number of fused-ring (bicyclic) bond motifs is 4. The molecule has 0 bridgehead atoms. The van der Waals surface area contributed by atoms with Gasteiger partial charge in [-0.25, -0.2) is 14.8 Å². The number of likely N-dealkylation sites (N-methyl/N-ethyl adjacent to an activating group) is 4. The predicted molar refractivity (Wildman–Crippen MR) is 450 cm³/mol. The smallest absolute Gasteiger partial charge is 0.408 e. The van der Waals surface area contributed by atoms with Crippen molar-refractivity contribution in [3.05, 3.63) is 102 Å². The van der Waals surface area contributed by atoms with Crippen molar-refractivity contribution >= 4 is 132 Å². The molecule has 3 aromatic carbocycles. The number of anilines is 1. The molecule has 3 saturated heterocycles. The van der Waals surface area contributed by atoms with Gasteiger partial charge in [0.25, 0.3) is 21.9 Å². The maximum atomic E-state index is 15.4. The molecule has 16 amide bonds. The molecule has 3 fully saturated rings. The molecule has 5 aromatic rings. The first kappa shape index (κ1) is 96.8. The number of aromatic hydroxyl groups is 1. The van der Waals surface area contributed by atoms with Crippen LogP contribution in [-0.4, -0.2) is 298 Å². The van der Waals surface area contributed by atoms with E-state index < -0.39 is 239 Å². The first-order valence-corrected chi connectivity index (χ1v) is 42.3. The van der Waals surface area contributed by atoms with Crippen LogP contribution < -0.4 is 57.9 Å². The van der Waals surface area contributed by atoms with Gasteiger partial charge in [-0.2, -0.15) is 8.42 Å². The lowest BCUT2D eigenvalue weighted by Gasteiger charge is -2.37. The van der Waals surface area contributed by atoms with Gasteiger partial charge >= 0.3 is 6.09 Å². The van der Waals surface area contributed by atoms with Crippen LogP contribution in [0.4, 0.5) is 10.5 Å². The highest BCUT2D eigenvalue weighted by atomic mass is 32.2. The van der Waals surface area contributed by atoms with Gasteiger partial charge in [0.2, 0.25) is 76.8 Å². The van der Waals surface area contributed by atoms with Crippen LogP contribution in [0.5, 0.6) is 11.5 Å². The number of hydrogen-bond donors (Lipinski definition) is 12. The highest BCUT2D eigenvalue weighted by Crippen LogP contribution is 2.28. The summed E-state index contributed by atoms with van der Waals surface area (Å²) in [6.45, 7) is 11.3. The van der Waals surface area contributed by atoms with E-state index in [0.29, 0.717) is 53.1 Å². The molecule has 0 spiro atoms. The van der Waals surface area contributed by atoms with Gasteiger partial charge in [-0.3, -0.25) is 76.5 Å². The number of pyridine rings is 2. The maximum absolute atomic E-state index is 15.4. The second-order valence-electron chi connectivity index (χ2n) is 32.9. The Bertz CT molecular complexity index is 4970. The summed E-state index contributed by atoms with van der Waals surface area (Å²) in [4.78, 5) is 243. The van der Waals surface area contributed by atoms with Crippen molar-refractivity contribution < 1.29 is 104 Å². The molecule has 0 unspecified atom stereocenters. The zero-order chi connectivity index (χ0) is 91.5. The number of nitrogens with zero attached hydrogens (tertiary/aromatic N) is 8. The molecular formula is C83H112N18O22S. The summed E-state index contributed by atoms with van der Waals surface area (Å²) < 4.78 is 44.8. The lowest BCUT2D eigenvalue weighted by molar-refractivity contribution is -0.146. The highest BCUT2D eigenvalue weighted by molar-refractivity contribution is 7.85. The quantitative estimate of drug-likeness (QED) is 0.0499. The van der Waals surface area contributed by atoms with Gasteiger partial charge in [-0.05, 0) is 126 Å². The minimum atomic E-state index is -4.86. The first-order valence-electron chi connectivity index (χ1n) is 40.7. The van der Waals surface area contributed by atoms with E-state index in [4.69, 9.17) is 9.47 Å². The summed E-state index contributed by atoms with van der Waals surface area (Å²) in [5, 5.41) is 37.6. The molecule has 0 saturated carbocycles. The number of ether oxygens (including phenoxy) is 2. The number of aromatic nitrogens is 2. The molecule has 9 atom stereocenters. The van der Waals surface area contributed by atoms with E-state index in [0.717, 1.165) is 19.6 Å². The number of carbonyl (C=O) groups is 16. The Morgan fingerprint density at radius 2 is 1.02 bits per heavy atom. The molecule has 5 heterocycles. The third-order valence-corrected chi connectivity index (χ3v) is 21.8. The standard InChI is InChI=1S/C83H112N18O22S/c1-45(2)66(95-72(108)57(44-124(119,120)121)94-82(118)123-83(8,9)10)75(111)88-48(7)71(107)89-52-31-29-49(30-32-52)43-122-61-36-51-24-16-18-26-54(51)91-68(61)77(113)93-56-38-85-79(115)70(47(5)6)99(14)65(106)42-97(12)62(103)39-86-73(109)58-27-19-21-33-100(58)80(116)55(92-76(112)67-60(102)35-50-23-15-17-25-53(50)90-67)37-84-78(114)69(46(3)4)98(13)64(105)41-96(11)63(104)40-87-74(110)59-28-20-22-34-101(59)81(56)117/h15-18,23-26,29-32,35-36,45-48,55-59,66,69-70,102H,19-22,27-28,33-34,37-44H2,1-14H3,(H,84,114)(H,85,115)(H,86,109)(H,87,110)(H,88,111)(H,89,107)(H,92,112)(H,93,113)(H,94,118)(H,95,108)(H,119,120,121)/t48-,55-,56+,57-,58-,59-,66-,69-,70-/m0/s1. The zero-order valence-electron chi connectivity index (χ0n) is 71.9. The van der Waals surface area contributed by atoms with Crippen LogP contribution in [0, 0.1) is 17.8 Å². The van der Waals surface area contributed by atoms with E-state index >= 15 is 9.59 Å². The van der Waals surface area contributed by atoms with Gasteiger partial charge in [-0.15, -0.1) is 0 Å². The molecule has 12 N–H and O–H groups in total. The lowest BCUT2D eigenvalue weighted by atomic mass is 9.99. The Balaban J connectivity index is 1.02. The van der Waals surface area contributed by atoms with Gasteiger partial charge < -0.3 is 97.1 Å². The molecule has 3 aliphatic rings. The van der Waals surface area contributed by atoms with Crippen LogP contribution in [0.1, 0.15) is 134 Å². The Labute approximate surface area is 717 Å². The molecule has 41 heteroatoms. The van der Waals surface area contributed by atoms with Crippen LogP contribution in [0.3, 0.4) is 0 Å². The lowest BCUT2D eigenvalue weighted by Crippen LogP contribution is -2.61. The molecule has 0 aliphatic carbocycles. The van der Waals surface area contributed by atoms with Crippen molar-refractivity contribution in [3.63, 3.8) is 0 Å². The van der Waals surface area contributed by atoms with Crippen LogP contribution in [0.25, 0.3) is 21.8 Å². The Morgan fingerprint density at radius 1 is 0.556 bits per heavy atom. The number of rotatable bonds is 19. The normalized spacial score (nSPS) is 20.6. The molecule has 8 rings (SSSR count). The zero-order valence-corrected chi connectivity index (χ0v) is 72.7. The molecular weight excluding hydrogens is 1630 g/mol. The van der Waals surface area contributed by atoms with Crippen molar-refractivity contribution in [1.82, 2.24) is 87.2 Å². The van der Waals surface area contributed by atoms with Gasteiger partial charge in [0, 0.05) is 70.8 Å². The number of carbonyl (C=O) groups excluding carboxylic acids is 16. The number of alkyl carbamates (subject to hydrolysis) is 1. The van der Waals surface area contributed by atoms with Gasteiger partial charge in [-0.1, -0.05) is 90.1 Å². The first-order chi connectivity index (χ1) is 58.3. The van der Waals surface area contributed by atoms with E-state index in [1.54, 1.807) is 102 Å². The van der Waals surface area contributed by atoms with Gasteiger partial charge in [0.15, 0.2) is 17.1 Å². The second-order valence-corrected chi connectivity index (χ2v) is 34.4. The van der Waals surface area contributed by atoms with Crippen LogP contribution >= 0.6 is 0 Å². The van der Waals surface area contributed by atoms with Crippen LogP contribution in [-0.2, 0) is 83.8 Å². The number of nitrogens with one attached hydrogen (secondary N) is 10. The van der Waals surface area contributed by atoms with E-state index in [9.17, 15) is 85.2 Å². The molecule has 0 radical (unpaired) electrons. The third-order valence-electron chi connectivity index (χ3n) is 21.0. The maximum Gasteiger partial charge on any atom is 0.408 e. The number of piperidine rings is 2. The summed E-state index contributed by atoms with van der Waals surface area (Å²) >= 11 is 0. The molecule has 40 nitrogen and oxygen atoms in total. The number of para-hydroxylation sites is 2. The topological polar surface area (TPSA) is 532 Å². The summed E-state index contributed by atoms with van der Waals surface area (Å²) in [5.74, 6) is -16.6. The predicted octanol–water partition coefficient (Wildman–Crippen LogP) is 0.453. The summed E-state index contributed by atoms with van der Waals surface area (Å²) in [5.41, 5.74) is -0.514. The molecule has 3 aliphatic heterocycles. The number of benzene rings is 3. The second kappa shape index (κ2) is 42.9. The summed E-state index contributed by atoms with van der Waals surface area (Å²) in [6, 6.07) is 9.29. The number of amides is 16. The van der Waals surface area contributed by atoms with Crippen molar-refractivity contribution in [2.75, 3.05) is 91.6 Å². The van der Waals surface area contributed by atoms with Gasteiger partial charge in [0.1, 0.15) is 78.1 Å². The largest absolute Gasteiger partial charge is 0.505 e. The van der Waals surface area contributed by atoms with E-state index in [-0.39, 0.29) is 49.7 Å². The monoisotopic (exact) mass is 1740 g/mol. The fourth-order valence-electron chi connectivity index (χ4n) is 14.3. The Kier molecular flexibility index (Phi) is 33.5. The Hall–Kier alpha value is -12.7. The van der Waals surface area contributed by atoms with E-state index in [2.05, 4.69) is 63.1 Å². The van der Waals surface area contributed by atoms with Crippen LogP contribution in [0.2, 0.25) is 0 Å². The highest BCUT2D eigenvalue weighted by Gasteiger charge is 2.43. The van der Waals surface area contributed by atoms with Crippen molar-refractivity contribution in [2.24, 2.45) is 17.8 Å². The van der Waals surface area contributed by atoms with Crippen molar-refractivity contribution in [2.45, 2.75) is 174 Å². The van der Waals surface area contributed by atoms with E-state index in [1.165, 1.54) is 90.0 Å². The van der Waals surface area contributed by atoms with E-state index in [1.807, 2.05) is 0 Å². The minimum absolute atomic E-state index is 0.0268. The summed E-state index contributed by atoms with van der Waals surface area (Å²) in [6.07, 6.45) is 0.563. The fourth-order valence-corrected chi connectivity index (χ4v) is 15.0. The summed E-state index contributed by atoms with van der Waals surface area (Å²) in [7, 11) is 0.341. The molecule has 124 heavy (non-hydrogen) atoms. The van der Waals surface area contributed by atoms with Gasteiger partial charge in [0.05, 0.1) is 37.2 Å². The third kappa shape index (κ3) is 26.4. The van der Waals surface area contributed by atoms with Crippen molar-refractivity contribution in [1.29, 1.82) is 0 Å². The average Bonchev–Trinajstić information content (AvgIpc) is 0.797. The van der Waals surface area contributed by atoms with Crippen LogP contribution in [0.15, 0.2) is 84.9 Å². The average molecular weight is 1750 g/mol. The van der Waals surface area contributed by atoms with Crippen molar-refractivity contribution in [3.8, 4) is 11.5 Å². The minimum Gasteiger partial charge on any atom is -0.505 e. The number of hydrogen-bond acceptors (Lipinski definition) is 23. The molecule has 2 aromatic heterocycles. The fraction of sp³-hybridized carbons (Fsp3) is 0.518. The molecule has 672 valence electrons. The Morgan fingerprint density at radius 3 is 1.48 bits per heavy atom.